The highest BCUT2D eigenvalue weighted by molar-refractivity contribution is 5.31. The monoisotopic (exact) mass is 277 g/mol. The van der Waals surface area contributed by atoms with Crippen LogP contribution in [0.15, 0.2) is 24.3 Å². The zero-order chi connectivity index (χ0) is 14.0. The van der Waals surface area contributed by atoms with Crippen LogP contribution in [0.25, 0.3) is 0 Å². The van der Waals surface area contributed by atoms with E-state index < -0.39 is 0 Å². The Balaban J connectivity index is 1.56. The summed E-state index contributed by atoms with van der Waals surface area (Å²) in [5.41, 5.74) is 0. The van der Waals surface area contributed by atoms with Crippen LogP contribution in [0.4, 0.5) is 0 Å². The topological polar surface area (TPSA) is 30.5 Å². The lowest BCUT2D eigenvalue weighted by Gasteiger charge is -2.21. The Morgan fingerprint density at radius 2 is 1.65 bits per heavy atom. The molecule has 1 aromatic carbocycles. The summed E-state index contributed by atoms with van der Waals surface area (Å²) in [4.78, 5) is 0. The highest BCUT2D eigenvalue weighted by Crippen LogP contribution is 2.22. The van der Waals surface area contributed by atoms with Crippen LogP contribution in [0.2, 0.25) is 0 Å². The number of rotatable bonds is 8. The second-order valence-electron chi connectivity index (χ2n) is 5.46. The van der Waals surface area contributed by atoms with Crippen molar-refractivity contribution in [3.05, 3.63) is 24.3 Å². The number of nitrogens with one attached hydrogen (secondary N) is 1. The summed E-state index contributed by atoms with van der Waals surface area (Å²) >= 11 is 0. The van der Waals surface area contributed by atoms with Gasteiger partial charge in [-0.25, -0.2) is 0 Å². The van der Waals surface area contributed by atoms with Gasteiger partial charge in [-0.05, 0) is 56.5 Å². The zero-order valence-corrected chi connectivity index (χ0v) is 12.6. The third kappa shape index (κ3) is 5.41. The lowest BCUT2D eigenvalue weighted by molar-refractivity contribution is 0.293. The maximum Gasteiger partial charge on any atom is 0.119 e. The fraction of sp³-hybridized carbons (Fsp3) is 0.647. The molecule has 1 aliphatic rings. The Morgan fingerprint density at radius 3 is 2.30 bits per heavy atom. The molecule has 1 fully saturated rings. The highest BCUT2D eigenvalue weighted by Gasteiger charge is 2.12. The standard InChI is InChI=1S/C17H27NO2/c1-2-19-16-8-10-17(11-9-16)20-13-12-18-14-15-6-4-3-5-7-15/h8-11,15,18H,2-7,12-14H2,1H3. The van der Waals surface area contributed by atoms with E-state index in [-0.39, 0.29) is 0 Å². The lowest BCUT2D eigenvalue weighted by Crippen LogP contribution is -2.28. The van der Waals surface area contributed by atoms with Crippen molar-refractivity contribution in [1.82, 2.24) is 5.32 Å². The van der Waals surface area contributed by atoms with E-state index in [1.807, 2.05) is 31.2 Å². The van der Waals surface area contributed by atoms with Gasteiger partial charge in [0.1, 0.15) is 18.1 Å². The smallest absolute Gasteiger partial charge is 0.119 e. The molecule has 0 radical (unpaired) electrons. The van der Waals surface area contributed by atoms with E-state index in [0.717, 1.165) is 37.1 Å². The van der Waals surface area contributed by atoms with Crippen molar-refractivity contribution in [1.29, 1.82) is 0 Å². The molecular formula is C17H27NO2. The summed E-state index contributed by atoms with van der Waals surface area (Å²) in [6, 6.07) is 7.83. The predicted molar refractivity (Wildman–Crippen MR) is 82.6 cm³/mol. The Bertz CT molecular complexity index is 358. The largest absolute Gasteiger partial charge is 0.494 e. The molecule has 0 amide bonds. The van der Waals surface area contributed by atoms with E-state index >= 15 is 0 Å². The van der Waals surface area contributed by atoms with E-state index in [0.29, 0.717) is 6.61 Å². The fourth-order valence-corrected chi connectivity index (χ4v) is 2.74. The molecule has 0 atom stereocenters. The molecule has 0 spiro atoms. The molecule has 1 N–H and O–H groups in total. The minimum Gasteiger partial charge on any atom is -0.494 e. The third-order valence-corrected chi connectivity index (χ3v) is 3.84. The molecule has 112 valence electrons. The van der Waals surface area contributed by atoms with E-state index in [1.165, 1.54) is 32.1 Å². The first kappa shape index (κ1) is 15.2. The van der Waals surface area contributed by atoms with Crippen molar-refractivity contribution in [2.24, 2.45) is 5.92 Å². The number of ether oxygens (including phenoxy) is 2. The van der Waals surface area contributed by atoms with Crippen LogP contribution in [-0.2, 0) is 0 Å². The number of hydrogen-bond donors (Lipinski definition) is 1. The van der Waals surface area contributed by atoms with Gasteiger partial charge in [-0.2, -0.15) is 0 Å². The summed E-state index contributed by atoms with van der Waals surface area (Å²) in [5, 5.41) is 3.51. The molecule has 2 rings (SSSR count). The lowest BCUT2D eigenvalue weighted by atomic mass is 9.89. The van der Waals surface area contributed by atoms with Gasteiger partial charge < -0.3 is 14.8 Å². The summed E-state index contributed by atoms with van der Waals surface area (Å²) in [7, 11) is 0. The minimum atomic E-state index is 0.700. The quantitative estimate of drug-likeness (QED) is 0.736. The van der Waals surface area contributed by atoms with Gasteiger partial charge in [0.15, 0.2) is 0 Å². The molecule has 0 unspecified atom stereocenters. The van der Waals surface area contributed by atoms with E-state index in [4.69, 9.17) is 9.47 Å². The van der Waals surface area contributed by atoms with Crippen molar-refractivity contribution in [2.75, 3.05) is 26.3 Å². The van der Waals surface area contributed by atoms with Crippen LogP contribution in [0, 0.1) is 5.92 Å². The highest BCUT2D eigenvalue weighted by atomic mass is 16.5. The molecule has 3 nitrogen and oxygen atoms in total. The molecule has 3 heteroatoms. The van der Waals surface area contributed by atoms with Crippen molar-refractivity contribution in [2.45, 2.75) is 39.0 Å². The summed E-state index contributed by atoms with van der Waals surface area (Å²) in [5.74, 6) is 2.69. The Labute approximate surface area is 122 Å². The van der Waals surface area contributed by atoms with E-state index in [2.05, 4.69) is 5.32 Å². The molecule has 0 aliphatic heterocycles. The van der Waals surface area contributed by atoms with Gasteiger partial charge in [0.05, 0.1) is 6.61 Å². The first-order valence-corrected chi connectivity index (χ1v) is 7.95. The van der Waals surface area contributed by atoms with Crippen LogP contribution in [-0.4, -0.2) is 26.3 Å². The maximum atomic E-state index is 5.71. The van der Waals surface area contributed by atoms with Gasteiger partial charge in [0, 0.05) is 6.54 Å². The summed E-state index contributed by atoms with van der Waals surface area (Å²) in [6.07, 6.45) is 7.04. The van der Waals surface area contributed by atoms with Crippen LogP contribution >= 0.6 is 0 Å². The Kier molecular flexibility index (Phi) is 6.72. The van der Waals surface area contributed by atoms with Crippen LogP contribution in [0.1, 0.15) is 39.0 Å². The predicted octanol–water partition coefficient (Wildman–Crippen LogP) is 3.63. The molecule has 1 saturated carbocycles. The van der Waals surface area contributed by atoms with Gasteiger partial charge in [-0.15, -0.1) is 0 Å². The second kappa shape index (κ2) is 8.85. The molecule has 20 heavy (non-hydrogen) atoms. The summed E-state index contributed by atoms with van der Waals surface area (Å²) in [6.45, 7) is 5.48. The number of benzene rings is 1. The SMILES string of the molecule is CCOc1ccc(OCCNCC2CCCCC2)cc1. The molecule has 0 saturated heterocycles. The second-order valence-corrected chi connectivity index (χ2v) is 5.46. The van der Waals surface area contributed by atoms with Crippen molar-refractivity contribution >= 4 is 0 Å². The Hall–Kier alpha value is -1.22. The normalized spacial score (nSPS) is 16.1. The Morgan fingerprint density at radius 1 is 1.00 bits per heavy atom. The van der Waals surface area contributed by atoms with Gasteiger partial charge in [-0.3, -0.25) is 0 Å². The van der Waals surface area contributed by atoms with Gasteiger partial charge in [0.2, 0.25) is 0 Å². The third-order valence-electron chi connectivity index (χ3n) is 3.84. The first-order valence-electron chi connectivity index (χ1n) is 7.95. The van der Waals surface area contributed by atoms with Crippen LogP contribution in [0.3, 0.4) is 0 Å². The zero-order valence-electron chi connectivity index (χ0n) is 12.6. The van der Waals surface area contributed by atoms with Crippen LogP contribution < -0.4 is 14.8 Å². The van der Waals surface area contributed by atoms with Gasteiger partial charge >= 0.3 is 0 Å². The van der Waals surface area contributed by atoms with E-state index in [1.54, 1.807) is 0 Å². The molecule has 0 aromatic heterocycles. The molecular weight excluding hydrogens is 250 g/mol. The van der Waals surface area contributed by atoms with Gasteiger partial charge in [0.25, 0.3) is 0 Å². The van der Waals surface area contributed by atoms with E-state index in [9.17, 15) is 0 Å². The van der Waals surface area contributed by atoms with Crippen molar-refractivity contribution < 1.29 is 9.47 Å². The molecule has 1 aromatic rings. The average Bonchev–Trinajstić information content (AvgIpc) is 2.50. The fourth-order valence-electron chi connectivity index (χ4n) is 2.74. The van der Waals surface area contributed by atoms with Crippen molar-refractivity contribution in [3.63, 3.8) is 0 Å². The first-order chi connectivity index (χ1) is 9.88. The number of hydrogen-bond acceptors (Lipinski definition) is 3. The molecule has 0 heterocycles. The van der Waals surface area contributed by atoms with Crippen LogP contribution in [0.5, 0.6) is 11.5 Å². The maximum absolute atomic E-state index is 5.71. The summed E-state index contributed by atoms with van der Waals surface area (Å²) < 4.78 is 11.1. The molecule has 0 bridgehead atoms. The molecule has 1 aliphatic carbocycles. The van der Waals surface area contributed by atoms with Crippen molar-refractivity contribution in [3.8, 4) is 11.5 Å². The minimum absolute atomic E-state index is 0.700. The average molecular weight is 277 g/mol. The van der Waals surface area contributed by atoms with Gasteiger partial charge in [-0.1, -0.05) is 19.3 Å².